The van der Waals surface area contributed by atoms with E-state index in [4.69, 9.17) is 9.47 Å². The first-order chi connectivity index (χ1) is 10.8. The van der Waals surface area contributed by atoms with Gasteiger partial charge in [0.15, 0.2) is 11.4 Å². The van der Waals surface area contributed by atoms with Gasteiger partial charge >= 0.3 is 11.7 Å². The Bertz CT molecular complexity index is 802. The highest BCUT2D eigenvalue weighted by molar-refractivity contribution is 5.45. The van der Waals surface area contributed by atoms with Gasteiger partial charge in [0.05, 0.1) is 4.92 Å². The molecule has 0 amide bonds. The van der Waals surface area contributed by atoms with E-state index in [2.05, 4.69) is 10.2 Å². The van der Waals surface area contributed by atoms with Crippen LogP contribution in [0.2, 0.25) is 0 Å². The third-order valence-electron chi connectivity index (χ3n) is 2.92. The van der Waals surface area contributed by atoms with Crippen molar-refractivity contribution in [3.05, 3.63) is 58.8 Å². The Hall–Kier alpha value is -3.16. The van der Waals surface area contributed by atoms with E-state index in [1.54, 1.807) is 28.8 Å². The van der Waals surface area contributed by atoms with Crippen molar-refractivity contribution in [2.75, 3.05) is 13.2 Å². The summed E-state index contributed by atoms with van der Waals surface area (Å²) in [5.41, 5.74) is 0.604. The molecule has 0 N–H and O–H groups in total. The SMILES string of the molecule is O=[N+]([O-])c1ccccc1OCCOc1nnc2ccccn12. The summed E-state index contributed by atoms with van der Waals surface area (Å²) >= 11 is 0. The molecule has 0 unspecified atom stereocenters. The Morgan fingerprint density at radius 3 is 2.68 bits per heavy atom. The molecular formula is C14H12N4O4. The number of hydrogen-bond acceptors (Lipinski definition) is 6. The highest BCUT2D eigenvalue weighted by atomic mass is 16.6. The molecule has 1 aromatic carbocycles. The molecule has 0 bridgehead atoms. The molecule has 8 nitrogen and oxygen atoms in total. The van der Waals surface area contributed by atoms with Crippen LogP contribution in [0.4, 0.5) is 5.69 Å². The van der Waals surface area contributed by atoms with Gasteiger partial charge in [-0.15, -0.1) is 5.10 Å². The lowest BCUT2D eigenvalue weighted by Crippen LogP contribution is -2.11. The van der Waals surface area contributed by atoms with E-state index in [1.807, 2.05) is 18.2 Å². The standard InChI is InChI=1S/C14H12N4O4/c19-18(20)11-5-1-2-6-12(11)21-9-10-22-14-16-15-13-7-3-4-8-17(13)14/h1-8H,9-10H2. The number of fused-ring (bicyclic) bond motifs is 1. The Balaban J connectivity index is 1.59. The number of nitro groups is 1. The highest BCUT2D eigenvalue weighted by Gasteiger charge is 2.13. The lowest BCUT2D eigenvalue weighted by atomic mass is 10.3. The van der Waals surface area contributed by atoms with Crippen LogP contribution in [0.3, 0.4) is 0 Å². The van der Waals surface area contributed by atoms with Gasteiger partial charge in [-0.2, -0.15) is 0 Å². The van der Waals surface area contributed by atoms with Crippen LogP contribution in [0.25, 0.3) is 5.65 Å². The number of ether oxygens (including phenoxy) is 2. The van der Waals surface area contributed by atoms with Gasteiger partial charge in [0, 0.05) is 12.3 Å². The molecule has 0 spiro atoms. The smallest absolute Gasteiger partial charge is 0.321 e. The fourth-order valence-electron chi connectivity index (χ4n) is 1.93. The normalized spacial score (nSPS) is 10.5. The van der Waals surface area contributed by atoms with Crippen molar-refractivity contribution in [1.82, 2.24) is 14.6 Å². The molecule has 112 valence electrons. The van der Waals surface area contributed by atoms with Gasteiger partial charge in [0.2, 0.25) is 0 Å². The summed E-state index contributed by atoms with van der Waals surface area (Å²) in [5.74, 6) is 0.210. The van der Waals surface area contributed by atoms with Gasteiger partial charge < -0.3 is 9.47 Å². The van der Waals surface area contributed by atoms with E-state index in [-0.39, 0.29) is 24.7 Å². The monoisotopic (exact) mass is 300 g/mol. The molecular weight excluding hydrogens is 288 g/mol. The minimum Gasteiger partial charge on any atom is -0.483 e. The molecule has 0 saturated heterocycles. The number of pyridine rings is 1. The second-order valence-electron chi connectivity index (χ2n) is 4.33. The zero-order valence-electron chi connectivity index (χ0n) is 11.5. The molecule has 2 heterocycles. The Morgan fingerprint density at radius 2 is 1.82 bits per heavy atom. The van der Waals surface area contributed by atoms with Crippen molar-refractivity contribution >= 4 is 11.3 Å². The van der Waals surface area contributed by atoms with E-state index in [0.29, 0.717) is 11.7 Å². The van der Waals surface area contributed by atoms with Gasteiger partial charge in [0.25, 0.3) is 0 Å². The predicted molar refractivity (Wildman–Crippen MR) is 77.1 cm³/mol. The summed E-state index contributed by atoms with van der Waals surface area (Å²) in [4.78, 5) is 10.4. The number of rotatable bonds is 6. The van der Waals surface area contributed by atoms with Crippen LogP contribution in [0, 0.1) is 10.1 Å². The average molecular weight is 300 g/mol. The molecule has 0 atom stereocenters. The van der Waals surface area contributed by atoms with Crippen molar-refractivity contribution in [2.45, 2.75) is 0 Å². The van der Waals surface area contributed by atoms with Gasteiger partial charge in [-0.05, 0) is 18.2 Å². The molecule has 22 heavy (non-hydrogen) atoms. The molecule has 0 aliphatic rings. The van der Waals surface area contributed by atoms with Crippen LogP contribution in [-0.2, 0) is 0 Å². The van der Waals surface area contributed by atoms with Crippen molar-refractivity contribution in [3.8, 4) is 11.8 Å². The number of nitrogens with zero attached hydrogens (tertiary/aromatic N) is 4. The minimum absolute atomic E-state index is 0.0737. The Labute approximate surface area is 125 Å². The fourth-order valence-corrected chi connectivity index (χ4v) is 1.93. The summed E-state index contributed by atoms with van der Waals surface area (Å²) in [6.45, 7) is 0.355. The lowest BCUT2D eigenvalue weighted by molar-refractivity contribution is -0.385. The number of hydrogen-bond donors (Lipinski definition) is 0. The quantitative estimate of drug-likeness (QED) is 0.393. The van der Waals surface area contributed by atoms with E-state index in [9.17, 15) is 10.1 Å². The largest absolute Gasteiger partial charge is 0.483 e. The van der Waals surface area contributed by atoms with Crippen LogP contribution in [0.15, 0.2) is 48.7 Å². The number of nitro benzene ring substituents is 1. The van der Waals surface area contributed by atoms with Crippen LogP contribution >= 0.6 is 0 Å². The molecule has 8 heteroatoms. The van der Waals surface area contributed by atoms with Gasteiger partial charge in [-0.3, -0.25) is 14.5 Å². The van der Waals surface area contributed by atoms with E-state index in [0.717, 1.165) is 0 Å². The third kappa shape index (κ3) is 2.80. The van der Waals surface area contributed by atoms with E-state index in [1.165, 1.54) is 6.07 Å². The summed E-state index contributed by atoms with van der Waals surface area (Å²) in [7, 11) is 0. The molecule has 3 aromatic rings. The number of para-hydroxylation sites is 2. The fraction of sp³-hybridized carbons (Fsp3) is 0.143. The average Bonchev–Trinajstić information content (AvgIpc) is 2.95. The molecule has 0 aliphatic carbocycles. The van der Waals surface area contributed by atoms with Crippen LogP contribution in [0.1, 0.15) is 0 Å². The van der Waals surface area contributed by atoms with Gasteiger partial charge in [-0.25, -0.2) is 0 Å². The molecule has 0 radical (unpaired) electrons. The van der Waals surface area contributed by atoms with E-state index >= 15 is 0 Å². The maximum Gasteiger partial charge on any atom is 0.321 e. The summed E-state index contributed by atoms with van der Waals surface area (Å²) < 4.78 is 12.6. The summed E-state index contributed by atoms with van der Waals surface area (Å²) in [6, 6.07) is 12.1. The topological polar surface area (TPSA) is 91.8 Å². The van der Waals surface area contributed by atoms with Gasteiger partial charge in [0.1, 0.15) is 13.2 Å². The van der Waals surface area contributed by atoms with Crippen molar-refractivity contribution in [1.29, 1.82) is 0 Å². The number of aromatic nitrogens is 3. The predicted octanol–water partition coefficient (Wildman–Crippen LogP) is 2.10. The zero-order valence-corrected chi connectivity index (χ0v) is 11.5. The Kier molecular flexibility index (Phi) is 3.82. The van der Waals surface area contributed by atoms with Crippen molar-refractivity contribution < 1.29 is 14.4 Å². The maximum absolute atomic E-state index is 10.9. The first-order valence-corrected chi connectivity index (χ1v) is 6.54. The minimum atomic E-state index is -0.484. The van der Waals surface area contributed by atoms with Crippen LogP contribution in [-0.4, -0.2) is 32.7 Å². The molecule has 0 fully saturated rings. The second kappa shape index (κ2) is 6.08. The van der Waals surface area contributed by atoms with Crippen LogP contribution < -0.4 is 9.47 Å². The van der Waals surface area contributed by atoms with Gasteiger partial charge in [-0.1, -0.05) is 23.3 Å². The van der Waals surface area contributed by atoms with Crippen molar-refractivity contribution in [3.63, 3.8) is 0 Å². The van der Waals surface area contributed by atoms with Crippen LogP contribution in [0.5, 0.6) is 11.8 Å². The number of benzene rings is 1. The molecule has 0 aliphatic heterocycles. The Morgan fingerprint density at radius 1 is 1.05 bits per heavy atom. The zero-order chi connectivity index (χ0) is 15.4. The van der Waals surface area contributed by atoms with Crippen molar-refractivity contribution in [2.24, 2.45) is 0 Å². The molecule has 0 saturated carbocycles. The lowest BCUT2D eigenvalue weighted by Gasteiger charge is -2.07. The summed E-state index contributed by atoms with van der Waals surface area (Å²) in [5, 5.41) is 18.7. The summed E-state index contributed by atoms with van der Waals surface area (Å²) in [6.07, 6.45) is 1.79. The van der Waals surface area contributed by atoms with E-state index < -0.39 is 4.92 Å². The first-order valence-electron chi connectivity index (χ1n) is 6.54. The third-order valence-corrected chi connectivity index (χ3v) is 2.92. The molecule has 2 aromatic heterocycles. The second-order valence-corrected chi connectivity index (χ2v) is 4.33. The highest BCUT2D eigenvalue weighted by Crippen LogP contribution is 2.25. The maximum atomic E-state index is 10.9. The molecule has 3 rings (SSSR count). The first kappa shape index (κ1) is 13.8.